The average Bonchev–Trinajstić information content (AvgIpc) is 2.19. The highest BCUT2D eigenvalue weighted by Crippen LogP contribution is 1.94. The molecule has 6 heavy (non-hydrogen) atoms. The number of carbonyl (C=O) groups is 1. The molecule has 1 saturated heterocycles. The van der Waals surface area contributed by atoms with E-state index in [0.717, 1.165) is 0 Å². The Hall–Kier alpha value is -0.570. The minimum Gasteiger partial charge on any atom is -0.394 e. The van der Waals surface area contributed by atoms with E-state index in [2.05, 4.69) is 5.32 Å². The molecular weight excluding hydrogens is 82.0 g/mol. The number of rotatable bonds is 1. The summed E-state index contributed by atoms with van der Waals surface area (Å²) in [7, 11) is 0. The first kappa shape index (κ1) is 3.61. The zero-order valence-electron chi connectivity index (χ0n) is 3.14. The highest BCUT2D eigenvalue weighted by atomic mass is 16.3. The van der Waals surface area contributed by atoms with Crippen LogP contribution in [0.2, 0.25) is 0 Å². The Bertz CT molecular complexity index is 80.9. The van der Waals surface area contributed by atoms with Gasteiger partial charge in [0, 0.05) is 0 Å². The summed E-state index contributed by atoms with van der Waals surface area (Å²) in [6.45, 7) is -0.0567. The van der Waals surface area contributed by atoms with E-state index in [1.165, 1.54) is 0 Å². The predicted molar refractivity (Wildman–Crippen MR) is 19.0 cm³/mol. The lowest BCUT2D eigenvalue weighted by atomic mass is 10.5. The van der Waals surface area contributed by atoms with Gasteiger partial charge in [0.15, 0.2) is 0 Å². The Kier molecular flexibility index (Phi) is 0.569. The molecule has 0 aliphatic carbocycles. The SMILES string of the molecule is O=C1NC1CO. The van der Waals surface area contributed by atoms with E-state index < -0.39 is 0 Å². The number of nitrogens with one attached hydrogen (secondary N) is 1. The second kappa shape index (κ2) is 0.944. The average molecular weight is 87.1 g/mol. The minimum atomic E-state index is -0.231. The van der Waals surface area contributed by atoms with Crippen LogP contribution in [-0.4, -0.2) is 23.7 Å². The number of aliphatic hydroxyl groups excluding tert-OH is 1. The van der Waals surface area contributed by atoms with Crippen molar-refractivity contribution in [3.63, 3.8) is 0 Å². The molecule has 1 atom stereocenters. The molecule has 0 aromatic carbocycles. The van der Waals surface area contributed by atoms with Gasteiger partial charge < -0.3 is 10.4 Å². The van der Waals surface area contributed by atoms with Crippen LogP contribution in [0.1, 0.15) is 0 Å². The van der Waals surface area contributed by atoms with Gasteiger partial charge in [0.1, 0.15) is 6.04 Å². The molecule has 1 aliphatic heterocycles. The Labute approximate surface area is 35.0 Å². The highest BCUT2D eigenvalue weighted by Gasteiger charge is 2.31. The molecule has 0 spiro atoms. The van der Waals surface area contributed by atoms with Gasteiger partial charge in [-0.2, -0.15) is 0 Å². The van der Waals surface area contributed by atoms with E-state index >= 15 is 0 Å². The van der Waals surface area contributed by atoms with Crippen LogP contribution in [-0.2, 0) is 4.79 Å². The summed E-state index contributed by atoms with van der Waals surface area (Å²) in [5.41, 5.74) is 0. The summed E-state index contributed by atoms with van der Waals surface area (Å²) in [5, 5.41) is 10.5. The van der Waals surface area contributed by atoms with Crippen molar-refractivity contribution in [1.29, 1.82) is 0 Å². The maximum Gasteiger partial charge on any atom is 0.245 e. The zero-order chi connectivity index (χ0) is 4.57. The smallest absolute Gasteiger partial charge is 0.245 e. The van der Waals surface area contributed by atoms with E-state index in [1.807, 2.05) is 0 Å². The van der Waals surface area contributed by atoms with Gasteiger partial charge >= 0.3 is 0 Å². The standard InChI is InChI=1S/C3H5NO2/c5-1-2-3(6)4-2/h2,5H,1H2,(H,4,6). The van der Waals surface area contributed by atoms with Crippen molar-refractivity contribution in [3.8, 4) is 0 Å². The molecule has 34 valence electrons. The molecule has 1 unspecified atom stereocenters. The fourth-order valence-corrected chi connectivity index (χ4v) is 0.259. The quantitative estimate of drug-likeness (QED) is 0.381. The third-order valence-corrected chi connectivity index (χ3v) is 0.732. The summed E-state index contributed by atoms with van der Waals surface area (Å²) in [4.78, 5) is 9.85. The maximum atomic E-state index is 9.85. The lowest BCUT2D eigenvalue weighted by molar-refractivity contribution is -0.111. The van der Waals surface area contributed by atoms with Crippen LogP contribution >= 0.6 is 0 Å². The molecule has 1 amide bonds. The number of hydrogen-bond donors (Lipinski definition) is 2. The third kappa shape index (κ3) is 0.367. The number of carbonyl (C=O) groups excluding carboxylic acids is 1. The van der Waals surface area contributed by atoms with Crippen molar-refractivity contribution < 1.29 is 9.90 Å². The molecule has 0 bridgehead atoms. The lowest BCUT2D eigenvalue weighted by Gasteiger charge is -1.69. The van der Waals surface area contributed by atoms with Gasteiger partial charge in [0.05, 0.1) is 6.61 Å². The first-order valence-electron chi connectivity index (χ1n) is 1.76. The van der Waals surface area contributed by atoms with Crippen LogP contribution in [0.15, 0.2) is 0 Å². The van der Waals surface area contributed by atoms with Crippen molar-refractivity contribution in [2.75, 3.05) is 6.61 Å². The van der Waals surface area contributed by atoms with Crippen molar-refractivity contribution >= 4 is 5.91 Å². The van der Waals surface area contributed by atoms with Gasteiger partial charge in [-0.25, -0.2) is 0 Å². The molecule has 0 aromatic heterocycles. The molecular formula is C3H5NO2. The van der Waals surface area contributed by atoms with Crippen molar-refractivity contribution in [2.45, 2.75) is 6.04 Å². The predicted octanol–water partition coefficient (Wildman–Crippen LogP) is -1.52. The Morgan fingerprint density at radius 2 is 2.50 bits per heavy atom. The molecule has 0 saturated carbocycles. The summed E-state index contributed by atoms with van der Waals surface area (Å²) in [6, 6.07) is -0.231. The molecule has 1 aliphatic rings. The molecule has 3 nitrogen and oxygen atoms in total. The number of hydrogen-bond acceptors (Lipinski definition) is 2. The van der Waals surface area contributed by atoms with Gasteiger partial charge in [0.25, 0.3) is 0 Å². The molecule has 1 rings (SSSR count). The molecule has 1 heterocycles. The molecule has 0 radical (unpaired) electrons. The Morgan fingerprint density at radius 1 is 2.00 bits per heavy atom. The summed E-state index contributed by atoms with van der Waals surface area (Å²) in [5.74, 6) is -0.0440. The van der Waals surface area contributed by atoms with E-state index in [-0.39, 0.29) is 18.6 Å². The fourth-order valence-electron chi connectivity index (χ4n) is 0.259. The van der Waals surface area contributed by atoms with Crippen LogP contribution < -0.4 is 5.32 Å². The lowest BCUT2D eigenvalue weighted by Crippen LogP contribution is -1.95. The van der Waals surface area contributed by atoms with Crippen LogP contribution in [0.5, 0.6) is 0 Å². The van der Waals surface area contributed by atoms with Gasteiger partial charge in [-0.3, -0.25) is 4.79 Å². The van der Waals surface area contributed by atoms with Crippen LogP contribution in [0, 0.1) is 0 Å². The summed E-state index contributed by atoms with van der Waals surface area (Å²) >= 11 is 0. The first-order valence-corrected chi connectivity index (χ1v) is 1.76. The Balaban J connectivity index is 2.26. The first-order chi connectivity index (χ1) is 2.84. The van der Waals surface area contributed by atoms with Gasteiger partial charge in [0.2, 0.25) is 5.91 Å². The monoisotopic (exact) mass is 87.0 g/mol. The third-order valence-electron chi connectivity index (χ3n) is 0.732. The minimum absolute atomic E-state index is 0.0440. The largest absolute Gasteiger partial charge is 0.394 e. The van der Waals surface area contributed by atoms with E-state index in [0.29, 0.717) is 0 Å². The highest BCUT2D eigenvalue weighted by molar-refractivity contribution is 5.96. The molecule has 0 aromatic rings. The topological polar surface area (TPSA) is 59.2 Å². The molecule has 3 heteroatoms. The van der Waals surface area contributed by atoms with Crippen LogP contribution in [0.4, 0.5) is 0 Å². The van der Waals surface area contributed by atoms with Crippen LogP contribution in [0.3, 0.4) is 0 Å². The van der Waals surface area contributed by atoms with Crippen molar-refractivity contribution in [2.24, 2.45) is 0 Å². The fraction of sp³-hybridized carbons (Fsp3) is 0.667. The zero-order valence-corrected chi connectivity index (χ0v) is 3.14. The van der Waals surface area contributed by atoms with Gasteiger partial charge in [-0.1, -0.05) is 0 Å². The normalized spacial score (nSPS) is 29.5. The Morgan fingerprint density at radius 3 is 2.50 bits per heavy atom. The second-order valence-corrected chi connectivity index (χ2v) is 1.24. The van der Waals surface area contributed by atoms with Crippen molar-refractivity contribution in [1.82, 2.24) is 5.32 Å². The van der Waals surface area contributed by atoms with E-state index in [9.17, 15) is 4.79 Å². The molecule has 1 fully saturated rings. The van der Waals surface area contributed by atoms with Crippen LogP contribution in [0.25, 0.3) is 0 Å². The van der Waals surface area contributed by atoms with Gasteiger partial charge in [-0.15, -0.1) is 0 Å². The molecule has 2 N–H and O–H groups in total. The maximum absolute atomic E-state index is 9.85. The van der Waals surface area contributed by atoms with Gasteiger partial charge in [-0.05, 0) is 0 Å². The van der Waals surface area contributed by atoms with Crippen molar-refractivity contribution in [3.05, 3.63) is 0 Å². The van der Waals surface area contributed by atoms with E-state index in [1.54, 1.807) is 0 Å². The van der Waals surface area contributed by atoms with E-state index in [4.69, 9.17) is 5.11 Å². The summed E-state index contributed by atoms with van der Waals surface area (Å²) in [6.07, 6.45) is 0. The number of aliphatic hydroxyl groups is 1. The second-order valence-electron chi connectivity index (χ2n) is 1.24. The summed E-state index contributed by atoms with van der Waals surface area (Å²) < 4.78 is 0. The number of amides is 1.